The molecule has 6 nitrogen and oxygen atoms in total. The molecule has 1 amide bonds. The van der Waals surface area contributed by atoms with Crippen LogP contribution in [0.25, 0.3) is 0 Å². The summed E-state index contributed by atoms with van der Waals surface area (Å²) in [5.41, 5.74) is 1.44. The van der Waals surface area contributed by atoms with E-state index < -0.39 is 18.0 Å². The summed E-state index contributed by atoms with van der Waals surface area (Å²) in [5, 5.41) is 2.76. The number of benzene rings is 2. The van der Waals surface area contributed by atoms with Crippen LogP contribution in [0, 0.1) is 0 Å². The van der Waals surface area contributed by atoms with Crippen LogP contribution in [0.1, 0.15) is 22.2 Å². The number of hydrogen-bond donors (Lipinski definition) is 2. The number of H-pyrrole nitrogens is 1. The van der Waals surface area contributed by atoms with E-state index in [0.717, 1.165) is 0 Å². The number of methoxy groups -OCH3 is 1. The van der Waals surface area contributed by atoms with Crippen molar-refractivity contribution >= 4 is 17.6 Å². The Hall–Kier alpha value is -3.54. The third-order valence-corrected chi connectivity index (χ3v) is 3.74. The smallest absolute Gasteiger partial charge is 0.355 e. The van der Waals surface area contributed by atoms with E-state index in [2.05, 4.69) is 10.3 Å². The summed E-state index contributed by atoms with van der Waals surface area (Å²) in [5.74, 6) is -0.365. The Kier molecular flexibility index (Phi) is 5.34. The molecule has 0 fully saturated rings. The van der Waals surface area contributed by atoms with Crippen LogP contribution in [0.5, 0.6) is 5.75 Å². The molecule has 3 aromatic rings. The molecule has 26 heavy (non-hydrogen) atoms. The number of ether oxygens (including phenoxy) is 2. The van der Waals surface area contributed by atoms with Crippen molar-refractivity contribution in [1.82, 2.24) is 4.98 Å². The van der Waals surface area contributed by atoms with Gasteiger partial charge in [-0.2, -0.15) is 0 Å². The van der Waals surface area contributed by atoms with Gasteiger partial charge in [-0.05, 0) is 36.4 Å². The number of hydrogen-bond acceptors (Lipinski definition) is 4. The number of aromatic nitrogens is 1. The Morgan fingerprint density at radius 1 is 0.962 bits per heavy atom. The van der Waals surface area contributed by atoms with Gasteiger partial charge in [-0.25, -0.2) is 4.79 Å². The van der Waals surface area contributed by atoms with Crippen LogP contribution in [0.2, 0.25) is 0 Å². The highest BCUT2D eigenvalue weighted by atomic mass is 16.5. The Bertz CT molecular complexity index is 859. The highest BCUT2D eigenvalue weighted by Gasteiger charge is 2.26. The van der Waals surface area contributed by atoms with E-state index in [4.69, 9.17) is 9.47 Å². The third-order valence-electron chi connectivity index (χ3n) is 3.74. The molecular weight excluding hydrogens is 332 g/mol. The number of amides is 1. The maximum atomic E-state index is 12.7. The molecule has 3 rings (SSSR count). The predicted octanol–water partition coefficient (Wildman–Crippen LogP) is 3.56. The van der Waals surface area contributed by atoms with Gasteiger partial charge in [-0.3, -0.25) is 4.79 Å². The van der Waals surface area contributed by atoms with Crippen LogP contribution in [0.3, 0.4) is 0 Å². The summed E-state index contributed by atoms with van der Waals surface area (Å²) >= 11 is 0. The Labute approximate surface area is 150 Å². The van der Waals surface area contributed by atoms with Gasteiger partial charge in [0.2, 0.25) is 6.10 Å². The zero-order valence-electron chi connectivity index (χ0n) is 14.1. The molecule has 0 saturated carbocycles. The normalized spacial score (nSPS) is 11.4. The second-order valence-electron chi connectivity index (χ2n) is 5.50. The monoisotopic (exact) mass is 350 g/mol. The fourth-order valence-electron chi connectivity index (χ4n) is 2.41. The average Bonchev–Trinajstić information content (AvgIpc) is 3.22. The van der Waals surface area contributed by atoms with Gasteiger partial charge in [0.25, 0.3) is 5.91 Å². The molecule has 6 heteroatoms. The number of esters is 1. The fraction of sp³-hybridized carbons (Fsp3) is 0.100. The van der Waals surface area contributed by atoms with Crippen molar-refractivity contribution in [1.29, 1.82) is 0 Å². The molecule has 0 bridgehead atoms. The van der Waals surface area contributed by atoms with Gasteiger partial charge in [0, 0.05) is 17.4 Å². The summed E-state index contributed by atoms with van der Waals surface area (Å²) in [6.07, 6.45) is 0.542. The van der Waals surface area contributed by atoms with Crippen molar-refractivity contribution in [2.45, 2.75) is 6.10 Å². The predicted molar refractivity (Wildman–Crippen MR) is 97.0 cm³/mol. The molecule has 0 spiro atoms. The SMILES string of the molecule is COc1ccc(NC(=O)C(OC(=O)c2ccc[nH]2)c2ccccc2)cc1. The van der Waals surface area contributed by atoms with Crippen molar-refractivity contribution < 1.29 is 19.1 Å². The number of nitrogens with one attached hydrogen (secondary N) is 2. The van der Waals surface area contributed by atoms with Crippen LogP contribution >= 0.6 is 0 Å². The summed E-state index contributed by atoms with van der Waals surface area (Å²) in [4.78, 5) is 27.8. The molecule has 1 atom stereocenters. The standard InChI is InChI=1S/C20H18N2O4/c1-25-16-11-9-15(10-12-16)22-19(23)18(14-6-3-2-4-7-14)26-20(24)17-8-5-13-21-17/h2-13,18,21H,1H3,(H,22,23). The van der Waals surface area contributed by atoms with E-state index in [1.807, 2.05) is 6.07 Å². The van der Waals surface area contributed by atoms with Gasteiger partial charge >= 0.3 is 5.97 Å². The van der Waals surface area contributed by atoms with Gasteiger partial charge in [0.15, 0.2) is 0 Å². The number of aromatic amines is 1. The van der Waals surface area contributed by atoms with Gasteiger partial charge in [-0.1, -0.05) is 30.3 Å². The zero-order chi connectivity index (χ0) is 18.4. The fourth-order valence-corrected chi connectivity index (χ4v) is 2.41. The Morgan fingerprint density at radius 2 is 1.69 bits per heavy atom. The van der Waals surface area contributed by atoms with Crippen molar-refractivity contribution in [3.05, 3.63) is 84.2 Å². The molecule has 1 heterocycles. The first-order valence-electron chi connectivity index (χ1n) is 8.01. The van der Waals surface area contributed by atoms with Gasteiger partial charge in [0.1, 0.15) is 11.4 Å². The lowest BCUT2D eigenvalue weighted by Crippen LogP contribution is -2.26. The van der Waals surface area contributed by atoms with Gasteiger partial charge in [0.05, 0.1) is 7.11 Å². The average molecular weight is 350 g/mol. The van der Waals surface area contributed by atoms with Crippen LogP contribution in [0.4, 0.5) is 5.69 Å². The topological polar surface area (TPSA) is 80.4 Å². The largest absolute Gasteiger partial charge is 0.497 e. The van der Waals surface area contributed by atoms with Crippen LogP contribution < -0.4 is 10.1 Å². The minimum Gasteiger partial charge on any atom is -0.497 e. The van der Waals surface area contributed by atoms with Crippen molar-refractivity contribution in [3.63, 3.8) is 0 Å². The molecule has 132 valence electrons. The first kappa shape index (κ1) is 17.3. The molecule has 0 saturated heterocycles. The molecule has 0 aliphatic rings. The van der Waals surface area contributed by atoms with Crippen LogP contribution in [-0.2, 0) is 9.53 Å². The molecule has 0 radical (unpaired) electrons. The van der Waals surface area contributed by atoms with E-state index in [1.54, 1.807) is 74.0 Å². The zero-order valence-corrected chi connectivity index (χ0v) is 14.1. The minimum atomic E-state index is -1.07. The summed E-state index contributed by atoms with van der Waals surface area (Å²) in [6.45, 7) is 0. The van der Waals surface area contributed by atoms with E-state index in [1.165, 1.54) is 0 Å². The first-order valence-corrected chi connectivity index (χ1v) is 8.01. The molecule has 1 unspecified atom stereocenters. The first-order chi connectivity index (χ1) is 12.7. The van der Waals surface area contributed by atoms with Crippen molar-refractivity contribution in [3.8, 4) is 5.75 Å². The Balaban J connectivity index is 1.80. The lowest BCUT2D eigenvalue weighted by molar-refractivity contribution is -0.125. The van der Waals surface area contributed by atoms with E-state index in [0.29, 0.717) is 17.0 Å². The number of carbonyl (C=O) groups excluding carboxylic acids is 2. The second kappa shape index (κ2) is 8.02. The molecule has 2 N–H and O–H groups in total. The maximum Gasteiger partial charge on any atom is 0.355 e. The lowest BCUT2D eigenvalue weighted by atomic mass is 10.1. The van der Waals surface area contributed by atoms with Gasteiger partial charge < -0.3 is 19.8 Å². The van der Waals surface area contributed by atoms with Crippen molar-refractivity contribution in [2.24, 2.45) is 0 Å². The third kappa shape index (κ3) is 4.10. The van der Waals surface area contributed by atoms with Crippen LogP contribution in [-0.4, -0.2) is 24.0 Å². The summed E-state index contributed by atoms with van der Waals surface area (Å²) < 4.78 is 10.6. The minimum absolute atomic E-state index is 0.281. The van der Waals surface area contributed by atoms with E-state index in [9.17, 15) is 9.59 Å². The van der Waals surface area contributed by atoms with E-state index in [-0.39, 0.29) is 5.69 Å². The highest BCUT2D eigenvalue weighted by molar-refractivity contribution is 5.97. The molecule has 1 aromatic heterocycles. The van der Waals surface area contributed by atoms with Crippen molar-refractivity contribution in [2.75, 3.05) is 12.4 Å². The highest BCUT2D eigenvalue weighted by Crippen LogP contribution is 2.22. The number of anilines is 1. The molecule has 0 aliphatic heterocycles. The quantitative estimate of drug-likeness (QED) is 0.666. The second-order valence-corrected chi connectivity index (χ2v) is 5.50. The lowest BCUT2D eigenvalue weighted by Gasteiger charge is -2.18. The van der Waals surface area contributed by atoms with Crippen LogP contribution in [0.15, 0.2) is 72.9 Å². The summed E-state index contributed by atoms with van der Waals surface area (Å²) in [7, 11) is 1.57. The van der Waals surface area contributed by atoms with Gasteiger partial charge in [-0.15, -0.1) is 0 Å². The molecule has 0 aliphatic carbocycles. The maximum absolute atomic E-state index is 12.7. The number of rotatable bonds is 6. The molecule has 2 aromatic carbocycles. The summed E-state index contributed by atoms with van der Waals surface area (Å²) in [6, 6.07) is 19.0. The number of carbonyl (C=O) groups is 2. The van der Waals surface area contributed by atoms with E-state index >= 15 is 0 Å². The Morgan fingerprint density at radius 3 is 2.31 bits per heavy atom. The molecular formula is C20H18N2O4.